The van der Waals surface area contributed by atoms with E-state index >= 15 is 0 Å². The Balaban J connectivity index is 2.51. The first kappa shape index (κ1) is 17.3. The number of nitrogens with one attached hydrogen (secondary N) is 1. The van der Waals surface area contributed by atoms with Crippen molar-refractivity contribution in [1.82, 2.24) is 0 Å². The van der Waals surface area contributed by atoms with Crippen molar-refractivity contribution in [2.45, 2.75) is 13.2 Å². The number of alkyl halides is 3. The van der Waals surface area contributed by atoms with Crippen molar-refractivity contribution in [3.05, 3.63) is 59.7 Å². The number of carboxylic acid groups (broad SMARTS) is 1. The molecule has 0 aliphatic rings. The number of hydrogen-bond donors (Lipinski definition) is 2. The zero-order chi connectivity index (χ0) is 17.9. The van der Waals surface area contributed by atoms with Gasteiger partial charge in [-0.1, -0.05) is 30.3 Å². The van der Waals surface area contributed by atoms with Gasteiger partial charge in [0.1, 0.15) is 0 Å². The van der Waals surface area contributed by atoms with Crippen molar-refractivity contribution in [2.24, 2.45) is 0 Å². The molecule has 0 aromatic heterocycles. The first-order valence-corrected chi connectivity index (χ1v) is 6.77. The number of hydrogen-bond acceptors (Lipinski definition) is 2. The Hall–Kier alpha value is -3.03. The molecular weight excluding hydrogens is 325 g/mol. The Morgan fingerprint density at radius 1 is 1.04 bits per heavy atom. The quantitative estimate of drug-likeness (QED) is 0.822. The monoisotopic (exact) mass is 338 g/mol. The van der Waals surface area contributed by atoms with Crippen LogP contribution in [0, 0.1) is 6.92 Å². The number of nitrogens with zero attached hydrogens (tertiary/aromatic N) is 1. The third-order valence-electron chi connectivity index (χ3n) is 3.17. The highest BCUT2D eigenvalue weighted by atomic mass is 19.4. The molecule has 0 unspecified atom stereocenters. The summed E-state index contributed by atoms with van der Waals surface area (Å²) < 4.78 is 40.4. The number of urea groups is 1. The van der Waals surface area contributed by atoms with Gasteiger partial charge in [0.25, 0.3) is 0 Å². The zero-order valence-corrected chi connectivity index (χ0v) is 12.5. The number of amides is 2. The summed E-state index contributed by atoms with van der Waals surface area (Å²) >= 11 is 0. The minimum absolute atomic E-state index is 0.00966. The van der Waals surface area contributed by atoms with Crippen molar-refractivity contribution in [3.8, 4) is 0 Å². The third-order valence-corrected chi connectivity index (χ3v) is 3.17. The normalized spacial score (nSPS) is 11.0. The average Bonchev–Trinajstić information content (AvgIpc) is 2.48. The molecule has 0 heterocycles. The Morgan fingerprint density at radius 3 is 2.21 bits per heavy atom. The average molecular weight is 338 g/mol. The third kappa shape index (κ3) is 3.65. The van der Waals surface area contributed by atoms with Crippen LogP contribution < -0.4 is 10.2 Å². The summed E-state index contributed by atoms with van der Waals surface area (Å²) in [6, 6.07) is 9.70. The number of anilines is 2. The van der Waals surface area contributed by atoms with E-state index in [0.717, 1.165) is 6.07 Å². The van der Waals surface area contributed by atoms with Crippen LogP contribution >= 0.6 is 0 Å². The summed E-state index contributed by atoms with van der Waals surface area (Å²) in [5, 5.41) is 11.3. The molecule has 0 saturated heterocycles. The number of rotatable bonds is 3. The van der Waals surface area contributed by atoms with Gasteiger partial charge in [-0.25, -0.2) is 14.5 Å². The number of carbonyl (C=O) groups is 2. The molecule has 2 aromatic rings. The van der Waals surface area contributed by atoms with Gasteiger partial charge in [0.15, 0.2) is 0 Å². The van der Waals surface area contributed by atoms with Gasteiger partial charge >= 0.3 is 18.3 Å². The van der Waals surface area contributed by atoms with Gasteiger partial charge in [0, 0.05) is 5.69 Å². The van der Waals surface area contributed by atoms with Crippen molar-refractivity contribution >= 4 is 23.4 Å². The summed E-state index contributed by atoms with van der Waals surface area (Å²) in [7, 11) is 0. The van der Waals surface area contributed by atoms with Gasteiger partial charge in [-0.05, 0) is 30.7 Å². The van der Waals surface area contributed by atoms with Gasteiger partial charge < -0.3 is 10.4 Å². The lowest BCUT2D eigenvalue weighted by molar-refractivity contribution is -0.120. The fourth-order valence-corrected chi connectivity index (χ4v) is 2.17. The highest BCUT2D eigenvalue weighted by Crippen LogP contribution is 2.34. The maximum absolute atomic E-state index is 13.5. The predicted molar refractivity (Wildman–Crippen MR) is 82.1 cm³/mol. The summed E-state index contributed by atoms with van der Waals surface area (Å²) in [4.78, 5) is 22.9. The zero-order valence-electron chi connectivity index (χ0n) is 12.5. The maximum atomic E-state index is 13.5. The van der Waals surface area contributed by atoms with Gasteiger partial charge in [0.05, 0.1) is 11.3 Å². The molecule has 0 radical (unpaired) electrons. The Labute approximate surface area is 135 Å². The molecule has 2 amide bonds. The molecule has 2 rings (SSSR count). The molecule has 2 N–H and O–H groups in total. The van der Waals surface area contributed by atoms with Gasteiger partial charge in [-0.3, -0.25) is 0 Å². The van der Waals surface area contributed by atoms with E-state index in [1.165, 1.54) is 31.2 Å². The fraction of sp³-hybridized carbons (Fsp3) is 0.125. The molecule has 24 heavy (non-hydrogen) atoms. The predicted octanol–water partition coefficient (Wildman–Crippen LogP) is 4.25. The topological polar surface area (TPSA) is 69.6 Å². The summed E-state index contributed by atoms with van der Waals surface area (Å²) in [5.41, 5.74) is -1.17. The van der Waals surface area contributed by atoms with Crippen LogP contribution in [0.5, 0.6) is 0 Å². The summed E-state index contributed by atoms with van der Waals surface area (Å²) in [6.45, 7) is 1.30. The molecule has 0 saturated carbocycles. The van der Waals surface area contributed by atoms with E-state index in [2.05, 4.69) is 5.32 Å². The lowest BCUT2D eigenvalue weighted by Crippen LogP contribution is -2.46. The molecule has 8 heteroatoms. The second kappa shape index (κ2) is 6.61. The van der Waals surface area contributed by atoms with Gasteiger partial charge in [0.2, 0.25) is 0 Å². The van der Waals surface area contributed by atoms with E-state index in [4.69, 9.17) is 5.11 Å². The first-order valence-electron chi connectivity index (χ1n) is 6.77. The molecule has 5 nitrogen and oxygen atoms in total. The van der Waals surface area contributed by atoms with E-state index in [0.29, 0.717) is 0 Å². The Morgan fingerprint density at radius 2 is 1.67 bits per heavy atom. The molecule has 0 aliphatic carbocycles. The molecule has 0 bridgehead atoms. The number of carboxylic acids is 1. The number of benzene rings is 2. The molecule has 0 fully saturated rings. The van der Waals surface area contributed by atoms with E-state index in [-0.39, 0.29) is 11.3 Å². The number of aromatic carboxylic acids is 1. The van der Waals surface area contributed by atoms with Crippen molar-refractivity contribution in [3.63, 3.8) is 0 Å². The van der Waals surface area contributed by atoms with Crippen LogP contribution in [0.25, 0.3) is 0 Å². The van der Waals surface area contributed by atoms with Crippen LogP contribution in [0.3, 0.4) is 0 Å². The largest absolute Gasteiger partial charge is 0.493 e. The van der Waals surface area contributed by atoms with Crippen molar-refractivity contribution in [1.29, 1.82) is 0 Å². The lowest BCUT2D eigenvalue weighted by Gasteiger charge is -2.27. The molecule has 0 atom stereocenters. The van der Waals surface area contributed by atoms with Crippen molar-refractivity contribution < 1.29 is 27.9 Å². The van der Waals surface area contributed by atoms with E-state index in [1.807, 2.05) is 0 Å². The SMILES string of the molecule is Cc1cccc(C(=O)O)c1N(C(=O)Nc1ccccc1)C(F)(F)F. The van der Waals surface area contributed by atoms with Crippen molar-refractivity contribution in [2.75, 3.05) is 10.2 Å². The number of halogens is 3. The first-order chi connectivity index (χ1) is 11.2. The molecule has 126 valence electrons. The van der Waals surface area contributed by atoms with Crippen LogP contribution in [0.1, 0.15) is 15.9 Å². The molecular formula is C16H13F3N2O3. The fourth-order valence-electron chi connectivity index (χ4n) is 2.17. The Kier molecular flexibility index (Phi) is 4.77. The van der Waals surface area contributed by atoms with Gasteiger partial charge in [-0.2, -0.15) is 0 Å². The van der Waals surface area contributed by atoms with Crippen LogP contribution in [0.15, 0.2) is 48.5 Å². The lowest BCUT2D eigenvalue weighted by atomic mass is 10.1. The second-order valence-electron chi connectivity index (χ2n) is 4.88. The second-order valence-corrected chi connectivity index (χ2v) is 4.88. The van der Waals surface area contributed by atoms with Crippen LogP contribution in [0.2, 0.25) is 0 Å². The van der Waals surface area contributed by atoms with E-state index in [9.17, 15) is 22.8 Å². The smallest absolute Gasteiger partial charge is 0.478 e. The minimum atomic E-state index is -5.10. The standard InChI is InChI=1S/C16H13F3N2O3/c1-10-6-5-9-12(14(22)23)13(10)21(16(17,18)19)15(24)20-11-7-3-2-4-8-11/h2-9H,1H3,(H,20,24)(H,22,23). The van der Waals surface area contributed by atoms with Gasteiger partial charge in [-0.15, -0.1) is 13.2 Å². The molecule has 2 aromatic carbocycles. The number of para-hydroxylation sites is 2. The van der Waals surface area contributed by atoms with Crippen LogP contribution in [0.4, 0.5) is 29.3 Å². The molecule has 0 spiro atoms. The van der Waals surface area contributed by atoms with Crippen LogP contribution in [-0.2, 0) is 0 Å². The van der Waals surface area contributed by atoms with E-state index < -0.39 is 34.5 Å². The summed E-state index contributed by atoms with van der Waals surface area (Å²) in [5.74, 6) is -1.56. The minimum Gasteiger partial charge on any atom is -0.478 e. The number of carbonyl (C=O) groups excluding carboxylic acids is 1. The maximum Gasteiger partial charge on any atom is 0.493 e. The Bertz CT molecular complexity index is 761. The molecule has 0 aliphatic heterocycles. The summed E-state index contributed by atoms with van der Waals surface area (Å²) in [6.07, 6.45) is -5.10. The van der Waals surface area contributed by atoms with E-state index in [1.54, 1.807) is 18.2 Å². The van der Waals surface area contributed by atoms with Crippen LogP contribution in [-0.4, -0.2) is 23.4 Å². The number of aryl methyl sites for hydroxylation is 1. The highest BCUT2D eigenvalue weighted by molar-refractivity contribution is 6.07. The highest BCUT2D eigenvalue weighted by Gasteiger charge is 2.44.